The summed E-state index contributed by atoms with van der Waals surface area (Å²) in [5.74, 6) is -0.319. The number of carbonyl (C=O) groups excluding carboxylic acids is 1. The van der Waals surface area contributed by atoms with Crippen LogP contribution in [0.15, 0.2) is 18.2 Å². The largest absolute Gasteiger partial charge is 0.382 e. The van der Waals surface area contributed by atoms with E-state index in [0.717, 1.165) is 0 Å². The normalized spacial score (nSPS) is 10.8. The monoisotopic (exact) mass is 294 g/mol. The molecule has 0 radical (unpaired) electrons. The maximum Gasteiger partial charge on any atom is 0.293 e. The van der Waals surface area contributed by atoms with Crippen molar-refractivity contribution in [1.29, 1.82) is 0 Å². The van der Waals surface area contributed by atoms with E-state index >= 15 is 0 Å². The van der Waals surface area contributed by atoms with Crippen LogP contribution in [0.2, 0.25) is 0 Å². The minimum Gasteiger partial charge on any atom is -0.382 e. The van der Waals surface area contributed by atoms with E-state index in [0.29, 0.717) is 19.1 Å². The number of likely N-dealkylation sites (N-methyl/N-ethyl adjacent to an activating group) is 1. The van der Waals surface area contributed by atoms with Crippen LogP contribution < -0.4 is 10.6 Å². The third kappa shape index (κ3) is 4.42. The summed E-state index contributed by atoms with van der Waals surface area (Å²) in [6.45, 7) is 5.34. The van der Waals surface area contributed by atoms with Crippen molar-refractivity contribution >= 4 is 17.3 Å². The quantitative estimate of drug-likeness (QED) is 0.590. The van der Waals surface area contributed by atoms with Gasteiger partial charge in [0.2, 0.25) is 0 Å². The highest BCUT2D eigenvalue weighted by Gasteiger charge is 2.20. The molecule has 0 heterocycles. The van der Waals surface area contributed by atoms with Crippen LogP contribution in [0.4, 0.5) is 11.4 Å². The SMILES string of the molecule is CNc1c(C(=O)NCCN(C)C(C)C)cccc1[N+](=O)[O-]. The third-order valence-electron chi connectivity index (χ3n) is 3.37. The van der Waals surface area contributed by atoms with Crippen LogP contribution in [0.1, 0.15) is 24.2 Å². The average Bonchev–Trinajstić information content (AvgIpc) is 2.45. The molecular weight excluding hydrogens is 272 g/mol. The summed E-state index contributed by atoms with van der Waals surface area (Å²) >= 11 is 0. The molecule has 1 aromatic carbocycles. The molecule has 0 unspecified atom stereocenters. The van der Waals surface area contributed by atoms with Gasteiger partial charge in [-0.15, -0.1) is 0 Å². The van der Waals surface area contributed by atoms with E-state index in [4.69, 9.17) is 0 Å². The van der Waals surface area contributed by atoms with Gasteiger partial charge in [-0.25, -0.2) is 0 Å². The van der Waals surface area contributed by atoms with Crippen LogP contribution >= 0.6 is 0 Å². The van der Waals surface area contributed by atoms with Crippen LogP contribution in [0.25, 0.3) is 0 Å². The predicted molar refractivity (Wildman–Crippen MR) is 82.7 cm³/mol. The van der Waals surface area contributed by atoms with Crippen molar-refractivity contribution in [3.63, 3.8) is 0 Å². The molecule has 7 nitrogen and oxygen atoms in total. The Balaban J connectivity index is 2.79. The maximum absolute atomic E-state index is 12.2. The Hall–Kier alpha value is -2.15. The molecule has 1 aromatic rings. The number of amides is 1. The molecule has 7 heteroatoms. The minimum absolute atomic E-state index is 0.107. The van der Waals surface area contributed by atoms with Gasteiger partial charge >= 0.3 is 0 Å². The number of nitro benzene ring substituents is 1. The second kappa shape index (κ2) is 7.58. The summed E-state index contributed by atoms with van der Waals surface area (Å²) in [5.41, 5.74) is 0.403. The smallest absolute Gasteiger partial charge is 0.293 e. The molecule has 0 bridgehead atoms. The highest BCUT2D eigenvalue weighted by Crippen LogP contribution is 2.27. The van der Waals surface area contributed by atoms with E-state index in [1.165, 1.54) is 12.1 Å². The first-order chi connectivity index (χ1) is 9.88. The maximum atomic E-state index is 12.2. The van der Waals surface area contributed by atoms with E-state index in [2.05, 4.69) is 29.4 Å². The summed E-state index contributed by atoms with van der Waals surface area (Å²) < 4.78 is 0. The van der Waals surface area contributed by atoms with Gasteiger partial charge in [0.15, 0.2) is 0 Å². The Morgan fingerprint density at radius 2 is 2.10 bits per heavy atom. The first kappa shape index (κ1) is 16.9. The molecule has 1 rings (SSSR count). The topological polar surface area (TPSA) is 87.5 Å². The van der Waals surface area contributed by atoms with Crippen molar-refractivity contribution in [2.75, 3.05) is 32.5 Å². The molecule has 0 fully saturated rings. The first-order valence-corrected chi connectivity index (χ1v) is 6.82. The van der Waals surface area contributed by atoms with Crippen LogP contribution in [0.5, 0.6) is 0 Å². The standard InChI is InChI=1S/C14H22N4O3/c1-10(2)17(4)9-8-16-14(19)11-6-5-7-12(18(20)21)13(11)15-3/h5-7,10,15H,8-9H2,1-4H3,(H,16,19). The molecule has 0 aliphatic heterocycles. The van der Waals surface area contributed by atoms with Crippen molar-refractivity contribution < 1.29 is 9.72 Å². The molecule has 1 amide bonds. The van der Waals surface area contributed by atoms with Crippen molar-refractivity contribution in [2.24, 2.45) is 0 Å². The van der Waals surface area contributed by atoms with Crippen LogP contribution in [0, 0.1) is 10.1 Å². The van der Waals surface area contributed by atoms with Crippen molar-refractivity contribution in [3.8, 4) is 0 Å². The van der Waals surface area contributed by atoms with E-state index < -0.39 is 4.92 Å². The van der Waals surface area contributed by atoms with E-state index in [1.807, 2.05) is 7.05 Å². The summed E-state index contributed by atoms with van der Waals surface area (Å²) in [6, 6.07) is 4.84. The Bertz CT molecular complexity index is 517. The lowest BCUT2D eigenvalue weighted by atomic mass is 10.1. The zero-order valence-electron chi connectivity index (χ0n) is 12.8. The molecule has 0 aliphatic carbocycles. The van der Waals surface area contributed by atoms with Crippen LogP contribution in [-0.4, -0.2) is 49.0 Å². The van der Waals surface area contributed by atoms with Gasteiger partial charge < -0.3 is 15.5 Å². The Morgan fingerprint density at radius 1 is 1.43 bits per heavy atom. The molecular formula is C14H22N4O3. The highest BCUT2D eigenvalue weighted by atomic mass is 16.6. The summed E-state index contributed by atoms with van der Waals surface area (Å²) in [6.07, 6.45) is 0. The highest BCUT2D eigenvalue weighted by molar-refractivity contribution is 6.01. The lowest BCUT2D eigenvalue weighted by Crippen LogP contribution is -2.36. The average molecular weight is 294 g/mol. The predicted octanol–water partition coefficient (Wildman–Crippen LogP) is 1.71. The lowest BCUT2D eigenvalue weighted by molar-refractivity contribution is -0.384. The van der Waals surface area contributed by atoms with Crippen LogP contribution in [-0.2, 0) is 0 Å². The molecule has 0 aromatic heterocycles. The van der Waals surface area contributed by atoms with Crippen molar-refractivity contribution in [3.05, 3.63) is 33.9 Å². The second-order valence-electron chi connectivity index (χ2n) is 5.04. The number of anilines is 1. The number of para-hydroxylation sites is 1. The van der Waals surface area contributed by atoms with Gasteiger partial charge in [-0.2, -0.15) is 0 Å². The molecule has 0 spiro atoms. The second-order valence-corrected chi connectivity index (χ2v) is 5.04. The van der Waals surface area contributed by atoms with E-state index in [9.17, 15) is 14.9 Å². The number of benzene rings is 1. The molecule has 2 N–H and O–H groups in total. The summed E-state index contributed by atoms with van der Waals surface area (Å²) in [5, 5.41) is 16.5. The van der Waals surface area contributed by atoms with Gasteiger partial charge in [-0.1, -0.05) is 6.07 Å². The molecule has 0 atom stereocenters. The number of hydrogen-bond donors (Lipinski definition) is 2. The Morgan fingerprint density at radius 3 is 2.62 bits per heavy atom. The zero-order valence-corrected chi connectivity index (χ0v) is 12.8. The Kier molecular flexibility index (Phi) is 6.10. The molecule has 21 heavy (non-hydrogen) atoms. The fourth-order valence-electron chi connectivity index (χ4n) is 1.84. The van der Waals surface area contributed by atoms with Gasteiger partial charge in [0.1, 0.15) is 5.69 Å². The number of nitrogens with zero attached hydrogens (tertiary/aromatic N) is 2. The van der Waals surface area contributed by atoms with Crippen molar-refractivity contribution in [1.82, 2.24) is 10.2 Å². The fourth-order valence-corrected chi connectivity index (χ4v) is 1.84. The molecule has 0 saturated carbocycles. The summed E-state index contributed by atoms with van der Waals surface area (Å²) in [4.78, 5) is 24.7. The number of nitro groups is 1. The van der Waals surface area contributed by atoms with Gasteiger partial charge in [-0.05, 0) is 27.0 Å². The van der Waals surface area contributed by atoms with Gasteiger partial charge in [-0.3, -0.25) is 14.9 Å². The van der Waals surface area contributed by atoms with E-state index in [1.54, 1.807) is 13.1 Å². The van der Waals surface area contributed by atoms with Gasteiger partial charge in [0.25, 0.3) is 11.6 Å². The fraction of sp³-hybridized carbons (Fsp3) is 0.500. The molecule has 116 valence electrons. The number of hydrogen-bond acceptors (Lipinski definition) is 5. The van der Waals surface area contributed by atoms with Crippen molar-refractivity contribution in [2.45, 2.75) is 19.9 Å². The number of rotatable bonds is 7. The molecule has 0 aliphatic rings. The van der Waals surface area contributed by atoms with Gasteiger partial charge in [0, 0.05) is 32.2 Å². The zero-order chi connectivity index (χ0) is 16.0. The number of carbonyl (C=O) groups is 1. The van der Waals surface area contributed by atoms with Gasteiger partial charge in [0.05, 0.1) is 10.5 Å². The minimum atomic E-state index is -0.505. The summed E-state index contributed by atoms with van der Waals surface area (Å²) in [7, 11) is 3.54. The third-order valence-corrected chi connectivity index (χ3v) is 3.37. The van der Waals surface area contributed by atoms with Crippen LogP contribution in [0.3, 0.4) is 0 Å². The Labute approximate surface area is 124 Å². The van der Waals surface area contributed by atoms with E-state index in [-0.39, 0.29) is 22.8 Å². The first-order valence-electron chi connectivity index (χ1n) is 6.82. The number of nitrogens with one attached hydrogen (secondary N) is 2. The lowest BCUT2D eigenvalue weighted by Gasteiger charge is -2.21. The molecule has 0 saturated heterocycles.